The fourth-order valence-electron chi connectivity index (χ4n) is 1.69. The first-order valence-electron chi connectivity index (χ1n) is 4.62. The van der Waals surface area contributed by atoms with E-state index in [2.05, 4.69) is 4.99 Å². The van der Waals surface area contributed by atoms with Crippen molar-refractivity contribution < 1.29 is 4.39 Å². The van der Waals surface area contributed by atoms with E-state index in [0.29, 0.717) is 10.6 Å². The zero-order chi connectivity index (χ0) is 11.0. The lowest BCUT2D eigenvalue weighted by molar-refractivity contribution is 0.609. The molecule has 0 radical (unpaired) electrons. The van der Waals surface area contributed by atoms with Gasteiger partial charge >= 0.3 is 0 Å². The minimum Gasteiger partial charge on any atom is -0.370 e. The van der Waals surface area contributed by atoms with Crippen molar-refractivity contribution in [3.8, 4) is 0 Å². The molecule has 1 saturated carbocycles. The third-order valence-electron chi connectivity index (χ3n) is 2.44. The Morgan fingerprint density at radius 2 is 2.12 bits per heavy atom. The summed E-state index contributed by atoms with van der Waals surface area (Å²) in [4.78, 5) is 3.98. The summed E-state index contributed by atoms with van der Waals surface area (Å²) in [5, 5.41) is 0.438. The van der Waals surface area contributed by atoms with E-state index >= 15 is 0 Å². The largest absolute Gasteiger partial charge is 0.370 e. The molecule has 2 unspecified atom stereocenters. The van der Waals surface area contributed by atoms with Gasteiger partial charge < -0.3 is 11.5 Å². The lowest BCUT2D eigenvalue weighted by Gasteiger charge is -2.03. The number of nitrogens with zero attached hydrogens (tertiary/aromatic N) is 1. The normalized spacial score (nSPS) is 22.1. The van der Waals surface area contributed by atoms with E-state index in [1.165, 1.54) is 6.07 Å². The molecule has 6 heteroatoms. The van der Waals surface area contributed by atoms with Crippen molar-refractivity contribution in [3.63, 3.8) is 0 Å². The maximum Gasteiger partial charge on any atom is 0.186 e. The molecule has 0 bridgehead atoms. The molecule has 2 rings (SSSR count). The summed E-state index contributed by atoms with van der Waals surface area (Å²) < 4.78 is 13.5. The Balaban J connectivity index is 0.00000128. The van der Waals surface area contributed by atoms with Gasteiger partial charge in [0.05, 0.1) is 6.04 Å². The van der Waals surface area contributed by atoms with Gasteiger partial charge in [0, 0.05) is 16.5 Å². The Bertz CT molecular complexity index is 400. The molecule has 0 amide bonds. The number of benzene rings is 1. The van der Waals surface area contributed by atoms with Crippen LogP contribution in [-0.2, 0) is 0 Å². The highest BCUT2D eigenvalue weighted by Crippen LogP contribution is 2.46. The number of aliphatic imine (C=N–C) groups is 1. The Hall–Kier alpha value is -0.560. The summed E-state index contributed by atoms with van der Waals surface area (Å²) in [6.07, 6.45) is 0.749. The highest BCUT2D eigenvalue weighted by atomic mass is 127. The predicted molar refractivity (Wildman–Crippen MR) is 73.8 cm³/mol. The molecular formula is C10H12ClFIN3. The third kappa shape index (κ3) is 2.76. The number of halogens is 3. The molecule has 1 aromatic carbocycles. The van der Waals surface area contributed by atoms with Crippen LogP contribution in [0.25, 0.3) is 0 Å². The van der Waals surface area contributed by atoms with Crippen molar-refractivity contribution in [2.24, 2.45) is 16.5 Å². The summed E-state index contributed by atoms with van der Waals surface area (Å²) in [5.41, 5.74) is 11.0. The fraction of sp³-hybridized carbons (Fsp3) is 0.300. The second kappa shape index (κ2) is 5.18. The van der Waals surface area contributed by atoms with Gasteiger partial charge in [-0.05, 0) is 18.6 Å². The summed E-state index contributed by atoms with van der Waals surface area (Å²) in [5.74, 6) is -0.239. The molecule has 0 aromatic heterocycles. The van der Waals surface area contributed by atoms with Gasteiger partial charge in [-0.25, -0.2) is 9.38 Å². The third-order valence-corrected chi connectivity index (χ3v) is 2.77. The Morgan fingerprint density at radius 1 is 1.44 bits per heavy atom. The van der Waals surface area contributed by atoms with E-state index in [4.69, 9.17) is 23.1 Å². The molecule has 3 nitrogen and oxygen atoms in total. The number of hydrogen-bond donors (Lipinski definition) is 2. The second-order valence-electron chi connectivity index (χ2n) is 3.60. The van der Waals surface area contributed by atoms with Crippen molar-refractivity contribution in [2.45, 2.75) is 18.4 Å². The molecule has 4 N–H and O–H groups in total. The van der Waals surface area contributed by atoms with Crippen LogP contribution in [0.3, 0.4) is 0 Å². The van der Waals surface area contributed by atoms with Crippen molar-refractivity contribution >= 4 is 41.5 Å². The average Bonchev–Trinajstić information content (AvgIpc) is 2.82. The summed E-state index contributed by atoms with van der Waals surface area (Å²) in [6, 6.07) is 4.63. The smallest absolute Gasteiger partial charge is 0.186 e. The first-order chi connectivity index (χ1) is 7.09. The van der Waals surface area contributed by atoms with Crippen LogP contribution >= 0.6 is 35.6 Å². The van der Waals surface area contributed by atoms with Crippen LogP contribution in [-0.4, -0.2) is 12.0 Å². The van der Waals surface area contributed by atoms with E-state index in [1.54, 1.807) is 12.1 Å². The SMILES string of the molecule is I.NC(N)=NC1CC1c1c(F)cccc1Cl. The highest BCUT2D eigenvalue weighted by molar-refractivity contribution is 14.0. The van der Waals surface area contributed by atoms with Crippen molar-refractivity contribution in [1.29, 1.82) is 0 Å². The van der Waals surface area contributed by atoms with E-state index in [9.17, 15) is 4.39 Å². The highest BCUT2D eigenvalue weighted by Gasteiger charge is 2.41. The average molecular weight is 356 g/mol. The van der Waals surface area contributed by atoms with Gasteiger partial charge in [-0.2, -0.15) is 0 Å². The molecule has 1 aromatic rings. The second-order valence-corrected chi connectivity index (χ2v) is 4.01. The molecule has 0 aliphatic heterocycles. The summed E-state index contributed by atoms with van der Waals surface area (Å²) in [6.45, 7) is 0. The lowest BCUT2D eigenvalue weighted by Crippen LogP contribution is -2.23. The van der Waals surface area contributed by atoms with Crippen LogP contribution in [0.5, 0.6) is 0 Å². The Morgan fingerprint density at radius 3 is 2.69 bits per heavy atom. The molecule has 88 valence electrons. The molecular weight excluding hydrogens is 343 g/mol. The van der Waals surface area contributed by atoms with Crippen molar-refractivity contribution in [1.82, 2.24) is 0 Å². The zero-order valence-corrected chi connectivity index (χ0v) is 11.4. The number of hydrogen-bond acceptors (Lipinski definition) is 1. The van der Waals surface area contributed by atoms with Crippen LogP contribution in [0.1, 0.15) is 17.9 Å². The molecule has 16 heavy (non-hydrogen) atoms. The fourth-order valence-corrected chi connectivity index (χ4v) is 1.99. The Kier molecular flexibility index (Phi) is 4.37. The van der Waals surface area contributed by atoms with Crippen LogP contribution in [0.2, 0.25) is 5.02 Å². The van der Waals surface area contributed by atoms with Gasteiger partial charge in [-0.3, -0.25) is 0 Å². The molecule has 0 spiro atoms. The molecule has 1 aliphatic carbocycles. The Labute approximate surface area is 115 Å². The van der Waals surface area contributed by atoms with Crippen molar-refractivity contribution in [2.75, 3.05) is 0 Å². The lowest BCUT2D eigenvalue weighted by atomic mass is 10.1. The quantitative estimate of drug-likeness (QED) is 0.485. The molecule has 1 fully saturated rings. The molecule has 0 heterocycles. The molecule has 1 aliphatic rings. The van der Waals surface area contributed by atoms with Crippen molar-refractivity contribution in [3.05, 3.63) is 34.6 Å². The minimum absolute atomic E-state index is 0. The van der Waals surface area contributed by atoms with Gasteiger partial charge in [-0.15, -0.1) is 24.0 Å². The van der Waals surface area contributed by atoms with Crippen LogP contribution in [0.15, 0.2) is 23.2 Å². The monoisotopic (exact) mass is 355 g/mol. The molecule has 0 saturated heterocycles. The van der Waals surface area contributed by atoms with E-state index in [1.807, 2.05) is 0 Å². The van der Waals surface area contributed by atoms with Gasteiger partial charge in [0.1, 0.15) is 5.82 Å². The first-order valence-corrected chi connectivity index (χ1v) is 5.00. The van der Waals surface area contributed by atoms with E-state index < -0.39 is 0 Å². The summed E-state index contributed by atoms with van der Waals surface area (Å²) in [7, 11) is 0. The topological polar surface area (TPSA) is 64.4 Å². The minimum atomic E-state index is -0.291. The van der Waals surface area contributed by atoms with Gasteiger partial charge in [0.2, 0.25) is 0 Å². The number of nitrogens with two attached hydrogens (primary N) is 2. The van der Waals surface area contributed by atoms with Gasteiger partial charge in [0.25, 0.3) is 0 Å². The zero-order valence-electron chi connectivity index (χ0n) is 8.36. The van der Waals surface area contributed by atoms with E-state index in [0.717, 1.165) is 6.42 Å². The standard InChI is InChI=1S/C10H11ClFN3.HI/c11-6-2-1-3-7(12)9(6)5-4-8(5)15-10(13)14;/h1-3,5,8H,4H2,(H4,13,14,15);1H. The van der Waals surface area contributed by atoms with Crippen LogP contribution < -0.4 is 11.5 Å². The molecule has 2 atom stereocenters. The van der Waals surface area contributed by atoms with Crippen LogP contribution in [0.4, 0.5) is 4.39 Å². The number of rotatable bonds is 2. The summed E-state index contributed by atoms with van der Waals surface area (Å²) >= 11 is 5.92. The maximum absolute atomic E-state index is 13.5. The maximum atomic E-state index is 13.5. The number of guanidine groups is 1. The van der Waals surface area contributed by atoms with Gasteiger partial charge in [0.15, 0.2) is 5.96 Å². The first kappa shape index (κ1) is 13.5. The van der Waals surface area contributed by atoms with E-state index in [-0.39, 0.29) is 47.7 Å². The predicted octanol–water partition coefficient (Wildman–Crippen LogP) is 2.23. The van der Waals surface area contributed by atoms with Gasteiger partial charge in [-0.1, -0.05) is 17.7 Å². The van der Waals surface area contributed by atoms with Crippen LogP contribution in [0, 0.1) is 5.82 Å².